The van der Waals surface area contributed by atoms with Crippen molar-refractivity contribution in [1.29, 1.82) is 0 Å². The summed E-state index contributed by atoms with van der Waals surface area (Å²) >= 11 is 0. The molecular weight excluding hydrogens is 222 g/mol. The van der Waals surface area contributed by atoms with E-state index in [4.69, 9.17) is 4.74 Å². The van der Waals surface area contributed by atoms with Crippen molar-refractivity contribution >= 4 is 0 Å². The summed E-state index contributed by atoms with van der Waals surface area (Å²) < 4.78 is 5.91. The topological polar surface area (TPSA) is 21.3 Å². The molecule has 0 aromatic rings. The van der Waals surface area contributed by atoms with E-state index in [0.717, 1.165) is 12.5 Å². The summed E-state index contributed by atoms with van der Waals surface area (Å²) in [4.78, 5) is 0. The van der Waals surface area contributed by atoms with Crippen molar-refractivity contribution < 1.29 is 4.74 Å². The molecule has 1 aliphatic heterocycles. The van der Waals surface area contributed by atoms with Crippen LogP contribution in [0.25, 0.3) is 0 Å². The van der Waals surface area contributed by atoms with Gasteiger partial charge in [-0.25, -0.2) is 0 Å². The summed E-state index contributed by atoms with van der Waals surface area (Å²) in [5.41, 5.74) is 0. The number of rotatable bonds is 7. The molecule has 0 radical (unpaired) electrons. The molecule has 0 bridgehead atoms. The molecule has 1 saturated heterocycles. The van der Waals surface area contributed by atoms with Crippen molar-refractivity contribution in [1.82, 2.24) is 5.32 Å². The first-order chi connectivity index (χ1) is 8.88. The Hall–Kier alpha value is -0.0800. The Kier molecular flexibility index (Phi) is 6.50. The third kappa shape index (κ3) is 4.89. The Morgan fingerprint density at radius 2 is 1.83 bits per heavy atom. The van der Waals surface area contributed by atoms with E-state index in [1.807, 2.05) is 0 Å². The Labute approximate surface area is 113 Å². The van der Waals surface area contributed by atoms with Crippen LogP contribution in [0.5, 0.6) is 0 Å². The lowest BCUT2D eigenvalue weighted by Crippen LogP contribution is -2.36. The van der Waals surface area contributed by atoms with Crippen molar-refractivity contribution in [3.05, 3.63) is 0 Å². The van der Waals surface area contributed by atoms with E-state index in [2.05, 4.69) is 12.2 Å². The molecule has 1 heterocycles. The van der Waals surface area contributed by atoms with Crippen LogP contribution in [0.2, 0.25) is 0 Å². The molecule has 2 heteroatoms. The average Bonchev–Trinajstić information content (AvgIpc) is 2.90. The lowest BCUT2D eigenvalue weighted by molar-refractivity contribution is 0.00377. The van der Waals surface area contributed by atoms with Crippen LogP contribution >= 0.6 is 0 Å². The van der Waals surface area contributed by atoms with E-state index in [1.165, 1.54) is 70.8 Å². The third-order valence-electron chi connectivity index (χ3n) is 4.60. The lowest BCUT2D eigenvalue weighted by Gasteiger charge is -2.29. The van der Waals surface area contributed by atoms with Crippen molar-refractivity contribution in [2.45, 2.75) is 83.3 Å². The van der Waals surface area contributed by atoms with Crippen LogP contribution in [-0.2, 0) is 4.74 Å². The molecule has 0 aromatic heterocycles. The van der Waals surface area contributed by atoms with Gasteiger partial charge in [-0.3, -0.25) is 0 Å². The Morgan fingerprint density at radius 3 is 2.50 bits per heavy atom. The van der Waals surface area contributed by atoms with Crippen molar-refractivity contribution in [2.75, 3.05) is 13.2 Å². The van der Waals surface area contributed by atoms with E-state index in [0.29, 0.717) is 12.1 Å². The van der Waals surface area contributed by atoms with Gasteiger partial charge in [-0.1, -0.05) is 32.6 Å². The van der Waals surface area contributed by atoms with Crippen LogP contribution in [0.4, 0.5) is 0 Å². The zero-order chi connectivity index (χ0) is 12.6. The minimum absolute atomic E-state index is 0.537. The second-order valence-corrected chi connectivity index (χ2v) is 6.26. The van der Waals surface area contributed by atoms with Gasteiger partial charge in [-0.2, -0.15) is 0 Å². The SMILES string of the molecule is CCCNC(CC1CCCC1)CC1CCCCO1. The van der Waals surface area contributed by atoms with Gasteiger partial charge >= 0.3 is 0 Å². The quantitative estimate of drug-likeness (QED) is 0.743. The average molecular weight is 253 g/mol. The molecule has 18 heavy (non-hydrogen) atoms. The minimum atomic E-state index is 0.537. The van der Waals surface area contributed by atoms with E-state index in [1.54, 1.807) is 0 Å². The zero-order valence-corrected chi connectivity index (χ0v) is 12.1. The van der Waals surface area contributed by atoms with Crippen molar-refractivity contribution in [3.63, 3.8) is 0 Å². The van der Waals surface area contributed by atoms with E-state index in [-0.39, 0.29) is 0 Å². The van der Waals surface area contributed by atoms with E-state index >= 15 is 0 Å². The standard InChI is InChI=1S/C16H31NO/c1-2-10-17-15(12-14-7-3-4-8-14)13-16-9-5-6-11-18-16/h14-17H,2-13H2,1H3. The fourth-order valence-electron chi connectivity index (χ4n) is 3.57. The molecule has 1 aliphatic carbocycles. The van der Waals surface area contributed by atoms with Gasteiger partial charge in [0, 0.05) is 12.6 Å². The second kappa shape index (κ2) is 8.16. The highest BCUT2D eigenvalue weighted by Gasteiger charge is 2.23. The molecule has 2 rings (SSSR count). The largest absolute Gasteiger partial charge is 0.378 e. The molecule has 1 saturated carbocycles. The lowest BCUT2D eigenvalue weighted by atomic mass is 9.92. The molecule has 1 N–H and O–H groups in total. The summed E-state index contributed by atoms with van der Waals surface area (Å²) in [6, 6.07) is 0.705. The molecule has 2 fully saturated rings. The molecule has 2 atom stereocenters. The fraction of sp³-hybridized carbons (Fsp3) is 1.00. The highest BCUT2D eigenvalue weighted by atomic mass is 16.5. The summed E-state index contributed by atoms with van der Waals surface area (Å²) in [6.45, 7) is 4.43. The predicted molar refractivity (Wildman–Crippen MR) is 76.9 cm³/mol. The maximum atomic E-state index is 5.91. The van der Waals surface area contributed by atoms with E-state index < -0.39 is 0 Å². The summed E-state index contributed by atoms with van der Waals surface area (Å²) in [7, 11) is 0. The van der Waals surface area contributed by atoms with Crippen LogP contribution in [0.1, 0.15) is 71.1 Å². The first-order valence-corrected chi connectivity index (χ1v) is 8.23. The molecule has 0 aromatic carbocycles. The molecule has 2 aliphatic rings. The van der Waals surface area contributed by atoms with Gasteiger partial charge in [0.1, 0.15) is 0 Å². The van der Waals surface area contributed by atoms with Gasteiger partial charge in [-0.05, 0) is 51.0 Å². The smallest absolute Gasteiger partial charge is 0.0590 e. The van der Waals surface area contributed by atoms with Crippen LogP contribution in [-0.4, -0.2) is 25.3 Å². The minimum Gasteiger partial charge on any atom is -0.378 e. The van der Waals surface area contributed by atoms with Gasteiger partial charge in [0.05, 0.1) is 6.10 Å². The van der Waals surface area contributed by atoms with Crippen molar-refractivity contribution in [3.8, 4) is 0 Å². The second-order valence-electron chi connectivity index (χ2n) is 6.26. The number of hydrogen-bond donors (Lipinski definition) is 1. The Morgan fingerprint density at radius 1 is 1.06 bits per heavy atom. The first-order valence-electron chi connectivity index (χ1n) is 8.23. The fourth-order valence-corrected chi connectivity index (χ4v) is 3.57. The maximum Gasteiger partial charge on any atom is 0.0590 e. The molecule has 2 nitrogen and oxygen atoms in total. The monoisotopic (exact) mass is 253 g/mol. The molecule has 2 unspecified atom stereocenters. The van der Waals surface area contributed by atoms with Gasteiger partial charge < -0.3 is 10.1 Å². The summed E-state index contributed by atoms with van der Waals surface area (Å²) in [5, 5.41) is 3.76. The number of nitrogens with one attached hydrogen (secondary N) is 1. The highest BCUT2D eigenvalue weighted by Crippen LogP contribution is 2.30. The van der Waals surface area contributed by atoms with Gasteiger partial charge in [0.15, 0.2) is 0 Å². The van der Waals surface area contributed by atoms with Crippen LogP contribution < -0.4 is 5.32 Å². The molecular formula is C16H31NO. The molecule has 106 valence electrons. The molecule has 0 spiro atoms. The predicted octanol–water partition coefficient (Wildman–Crippen LogP) is 3.89. The Balaban J connectivity index is 1.74. The van der Waals surface area contributed by atoms with Gasteiger partial charge in [0.2, 0.25) is 0 Å². The van der Waals surface area contributed by atoms with Crippen LogP contribution in [0, 0.1) is 5.92 Å². The zero-order valence-electron chi connectivity index (χ0n) is 12.1. The van der Waals surface area contributed by atoms with Crippen molar-refractivity contribution in [2.24, 2.45) is 5.92 Å². The number of hydrogen-bond acceptors (Lipinski definition) is 2. The first kappa shape index (κ1) is 14.3. The van der Waals surface area contributed by atoms with E-state index in [9.17, 15) is 0 Å². The van der Waals surface area contributed by atoms with Crippen LogP contribution in [0.15, 0.2) is 0 Å². The van der Waals surface area contributed by atoms with Crippen LogP contribution in [0.3, 0.4) is 0 Å². The normalized spacial score (nSPS) is 27.5. The summed E-state index contributed by atoms with van der Waals surface area (Å²) in [6.07, 6.45) is 14.2. The third-order valence-corrected chi connectivity index (χ3v) is 4.60. The van der Waals surface area contributed by atoms with Gasteiger partial charge in [0.25, 0.3) is 0 Å². The number of ether oxygens (including phenoxy) is 1. The highest BCUT2D eigenvalue weighted by molar-refractivity contribution is 4.79. The molecule has 0 amide bonds. The summed E-state index contributed by atoms with van der Waals surface area (Å²) in [5.74, 6) is 0.989. The maximum absolute atomic E-state index is 5.91. The Bertz CT molecular complexity index is 207. The van der Waals surface area contributed by atoms with Gasteiger partial charge in [-0.15, -0.1) is 0 Å².